The summed E-state index contributed by atoms with van der Waals surface area (Å²) >= 11 is 1.24. The summed E-state index contributed by atoms with van der Waals surface area (Å²) in [5.41, 5.74) is 6.82. The Hall–Kier alpha value is -2.25. The molecule has 3 rings (SSSR count). The van der Waals surface area contributed by atoms with Crippen molar-refractivity contribution in [1.29, 1.82) is 0 Å². The average molecular weight is 420 g/mol. The van der Waals surface area contributed by atoms with Crippen LogP contribution in [0.2, 0.25) is 0 Å². The Morgan fingerprint density at radius 2 is 2.00 bits per heavy atom. The maximum absolute atomic E-state index is 11.2. The van der Waals surface area contributed by atoms with Crippen molar-refractivity contribution in [2.24, 2.45) is 5.73 Å². The van der Waals surface area contributed by atoms with Gasteiger partial charge in [-0.05, 0) is 5.41 Å². The molecule has 0 saturated heterocycles. The second kappa shape index (κ2) is 8.19. The number of nitro groups is 1. The Labute approximate surface area is 163 Å². The number of non-ortho nitro benzene ring substituents is 1. The third-order valence-electron chi connectivity index (χ3n) is 4.00. The molecule has 0 saturated carbocycles. The zero-order valence-electron chi connectivity index (χ0n) is 13.7. The number of aliphatic hydroxyl groups is 2. The first-order valence-electron chi connectivity index (χ1n) is 7.55. The number of rotatable bonds is 5. The van der Waals surface area contributed by atoms with Gasteiger partial charge in [0.25, 0.3) is 5.69 Å². The number of fused-ring (bicyclic) bond motifs is 1. The summed E-state index contributed by atoms with van der Waals surface area (Å²) in [5.74, 6) is -1.02. The fraction of sp³-hybridized carbons (Fsp3) is 0.357. The monoisotopic (exact) mass is 419 g/mol. The SMILES string of the molecule is Cl.NC1SC=C(CC(=O)O)N1Cc1cc([N+](=O)[O-])cc2c1NC(O)C(O)N2. The molecule has 2 heterocycles. The molecule has 0 spiro atoms. The lowest BCUT2D eigenvalue weighted by Gasteiger charge is -2.33. The number of nitrogens with two attached hydrogens (primary N) is 1. The van der Waals surface area contributed by atoms with Crippen LogP contribution in [0.3, 0.4) is 0 Å². The molecule has 2 aliphatic heterocycles. The molecule has 0 radical (unpaired) electrons. The molecule has 3 atom stereocenters. The number of aliphatic carboxylic acids is 1. The average Bonchev–Trinajstić information content (AvgIpc) is 2.88. The lowest BCUT2D eigenvalue weighted by atomic mass is 10.1. The van der Waals surface area contributed by atoms with E-state index >= 15 is 0 Å². The van der Waals surface area contributed by atoms with E-state index in [1.54, 1.807) is 10.3 Å². The third kappa shape index (κ3) is 4.36. The minimum atomic E-state index is -1.33. The highest BCUT2D eigenvalue weighted by Gasteiger charge is 2.31. The molecular weight excluding hydrogens is 402 g/mol. The van der Waals surface area contributed by atoms with Crippen LogP contribution in [-0.2, 0) is 11.3 Å². The highest BCUT2D eigenvalue weighted by molar-refractivity contribution is 8.02. The number of carboxylic acids is 1. The number of anilines is 2. The van der Waals surface area contributed by atoms with Gasteiger partial charge in [0.05, 0.1) is 22.7 Å². The number of thioether (sulfide) groups is 1. The van der Waals surface area contributed by atoms with Crippen LogP contribution in [0.15, 0.2) is 23.2 Å². The number of nitro benzene ring substituents is 1. The zero-order valence-corrected chi connectivity index (χ0v) is 15.4. The van der Waals surface area contributed by atoms with E-state index in [9.17, 15) is 25.1 Å². The normalized spacial score (nSPS) is 23.4. The summed E-state index contributed by atoms with van der Waals surface area (Å²) in [7, 11) is 0. The van der Waals surface area contributed by atoms with Gasteiger partial charge in [-0.2, -0.15) is 0 Å². The topological polar surface area (TPSA) is 174 Å². The van der Waals surface area contributed by atoms with Gasteiger partial charge in [0.2, 0.25) is 0 Å². The predicted octanol–water partition coefficient (Wildman–Crippen LogP) is 0.598. The van der Waals surface area contributed by atoms with Gasteiger partial charge >= 0.3 is 5.97 Å². The van der Waals surface area contributed by atoms with Crippen LogP contribution in [-0.4, -0.2) is 49.1 Å². The minimum Gasteiger partial charge on any atom is -0.481 e. The van der Waals surface area contributed by atoms with Crippen LogP contribution in [0.4, 0.5) is 17.1 Å². The van der Waals surface area contributed by atoms with Crippen molar-refractivity contribution >= 4 is 47.2 Å². The Bertz CT molecular complexity index is 794. The van der Waals surface area contributed by atoms with E-state index in [2.05, 4.69) is 10.6 Å². The van der Waals surface area contributed by atoms with Gasteiger partial charge in [-0.3, -0.25) is 14.9 Å². The van der Waals surface area contributed by atoms with Crippen LogP contribution in [0.25, 0.3) is 0 Å². The predicted molar refractivity (Wildman–Crippen MR) is 101 cm³/mol. The van der Waals surface area contributed by atoms with E-state index in [0.29, 0.717) is 16.9 Å². The summed E-state index contributed by atoms with van der Waals surface area (Å²) in [6.07, 6.45) is -2.87. The summed E-state index contributed by atoms with van der Waals surface area (Å²) in [6, 6.07) is 2.57. The fourth-order valence-electron chi connectivity index (χ4n) is 2.79. The van der Waals surface area contributed by atoms with Gasteiger partial charge in [-0.25, -0.2) is 0 Å². The molecule has 2 aliphatic rings. The minimum absolute atomic E-state index is 0. The molecule has 3 unspecified atom stereocenters. The van der Waals surface area contributed by atoms with Crippen molar-refractivity contribution in [3.63, 3.8) is 0 Å². The summed E-state index contributed by atoms with van der Waals surface area (Å²) in [4.78, 5) is 23.3. The Morgan fingerprint density at radius 1 is 1.33 bits per heavy atom. The third-order valence-corrected chi connectivity index (χ3v) is 4.94. The fourth-order valence-corrected chi connectivity index (χ4v) is 3.66. The van der Waals surface area contributed by atoms with Crippen molar-refractivity contribution in [2.75, 3.05) is 10.6 Å². The Balaban J connectivity index is 0.00000261. The molecule has 0 amide bonds. The second-order valence-corrected chi connectivity index (χ2v) is 6.79. The molecule has 148 valence electrons. The summed E-state index contributed by atoms with van der Waals surface area (Å²) in [6.45, 7) is 0.0921. The van der Waals surface area contributed by atoms with Gasteiger partial charge in [0.1, 0.15) is 5.50 Å². The molecule has 1 aromatic carbocycles. The van der Waals surface area contributed by atoms with Gasteiger partial charge in [-0.1, -0.05) is 11.8 Å². The number of nitrogens with one attached hydrogen (secondary N) is 2. The Kier molecular flexibility index (Phi) is 6.38. The molecule has 0 bridgehead atoms. The van der Waals surface area contributed by atoms with Crippen LogP contribution < -0.4 is 16.4 Å². The first-order chi connectivity index (χ1) is 12.3. The summed E-state index contributed by atoms with van der Waals surface area (Å²) in [5, 5.41) is 46.7. The molecule has 27 heavy (non-hydrogen) atoms. The molecule has 0 aromatic heterocycles. The van der Waals surface area contributed by atoms with Crippen molar-refractivity contribution in [1.82, 2.24) is 4.90 Å². The van der Waals surface area contributed by atoms with Crippen LogP contribution >= 0.6 is 24.2 Å². The number of hydrogen-bond donors (Lipinski definition) is 6. The first-order valence-corrected chi connectivity index (χ1v) is 8.49. The van der Waals surface area contributed by atoms with E-state index in [1.807, 2.05) is 0 Å². The van der Waals surface area contributed by atoms with E-state index < -0.39 is 28.8 Å². The number of nitrogens with zero attached hydrogens (tertiary/aromatic N) is 2. The van der Waals surface area contributed by atoms with Crippen LogP contribution in [0.1, 0.15) is 12.0 Å². The molecule has 7 N–H and O–H groups in total. The molecule has 0 aliphatic carbocycles. The highest BCUT2D eigenvalue weighted by atomic mass is 35.5. The maximum atomic E-state index is 11.2. The molecule has 11 nitrogen and oxygen atoms in total. The maximum Gasteiger partial charge on any atom is 0.309 e. The van der Waals surface area contributed by atoms with Crippen LogP contribution in [0, 0.1) is 10.1 Å². The lowest BCUT2D eigenvalue weighted by molar-refractivity contribution is -0.384. The van der Waals surface area contributed by atoms with Crippen molar-refractivity contribution in [3.8, 4) is 0 Å². The van der Waals surface area contributed by atoms with Gasteiger partial charge in [-0.15, -0.1) is 12.4 Å². The lowest BCUT2D eigenvalue weighted by Crippen LogP contribution is -2.43. The quantitative estimate of drug-likeness (QED) is 0.291. The van der Waals surface area contributed by atoms with E-state index in [-0.39, 0.29) is 36.7 Å². The van der Waals surface area contributed by atoms with Crippen molar-refractivity contribution in [3.05, 3.63) is 38.9 Å². The standard InChI is InChI=1S/C14H17N5O6S.ClH/c15-14-18(8(5-26-14)3-10(20)21)4-6-1-7(19(24)25)2-9-11(6)17-13(23)12(22)16-9;/h1-2,5,12-14,16-17,22-23H,3-4,15H2,(H,20,21);1H. The zero-order chi connectivity index (χ0) is 19.0. The first kappa shape index (κ1) is 21.1. The number of hydrogen-bond acceptors (Lipinski definition) is 10. The van der Waals surface area contributed by atoms with Gasteiger partial charge < -0.3 is 36.6 Å². The van der Waals surface area contributed by atoms with Crippen molar-refractivity contribution < 1.29 is 25.0 Å². The molecule has 13 heteroatoms. The number of aliphatic hydroxyl groups excluding tert-OH is 2. The van der Waals surface area contributed by atoms with E-state index in [4.69, 9.17) is 10.8 Å². The Morgan fingerprint density at radius 3 is 2.63 bits per heavy atom. The number of carboxylic acid groups (broad SMARTS) is 1. The number of benzene rings is 1. The highest BCUT2D eigenvalue weighted by Crippen LogP contribution is 2.38. The van der Waals surface area contributed by atoms with Gasteiger partial charge in [0.15, 0.2) is 12.5 Å². The second-order valence-electron chi connectivity index (χ2n) is 5.80. The molecule has 1 aromatic rings. The number of halogens is 1. The summed E-state index contributed by atoms with van der Waals surface area (Å²) < 4.78 is 0. The molecule has 0 fully saturated rings. The largest absolute Gasteiger partial charge is 0.481 e. The van der Waals surface area contributed by atoms with Gasteiger partial charge in [0, 0.05) is 29.9 Å². The number of carbonyl (C=O) groups is 1. The van der Waals surface area contributed by atoms with E-state index in [1.165, 1.54) is 23.9 Å². The van der Waals surface area contributed by atoms with E-state index in [0.717, 1.165) is 0 Å². The molecular formula is C14H18ClN5O6S. The van der Waals surface area contributed by atoms with Crippen LogP contribution in [0.5, 0.6) is 0 Å². The van der Waals surface area contributed by atoms with Crippen molar-refractivity contribution in [2.45, 2.75) is 30.9 Å². The smallest absolute Gasteiger partial charge is 0.309 e.